The number of esters is 1. The third-order valence-corrected chi connectivity index (χ3v) is 4.53. The first kappa shape index (κ1) is 22.2. The summed E-state index contributed by atoms with van der Waals surface area (Å²) in [5, 5.41) is 0. The van der Waals surface area contributed by atoms with Gasteiger partial charge in [0.15, 0.2) is 0 Å². The van der Waals surface area contributed by atoms with Crippen molar-refractivity contribution in [2.45, 2.75) is 65.7 Å². The molecule has 0 aliphatic heterocycles. The van der Waals surface area contributed by atoms with Gasteiger partial charge in [0.25, 0.3) is 0 Å². The zero-order valence-corrected chi connectivity index (χ0v) is 16.7. The van der Waals surface area contributed by atoms with Crippen LogP contribution in [-0.2, 0) is 20.7 Å². The van der Waals surface area contributed by atoms with Crippen LogP contribution in [0, 0.1) is 5.92 Å². The second kappa shape index (κ2) is 13.4. The summed E-state index contributed by atoms with van der Waals surface area (Å²) >= 11 is 0. The van der Waals surface area contributed by atoms with E-state index in [1.807, 2.05) is 35.2 Å². The highest BCUT2D eigenvalue weighted by Crippen LogP contribution is 2.16. The molecule has 0 spiro atoms. The Kier molecular flexibility index (Phi) is 11.4. The lowest BCUT2D eigenvalue weighted by atomic mass is 9.97. The molecular formula is C22H35NO3. The highest BCUT2D eigenvalue weighted by atomic mass is 16.5. The van der Waals surface area contributed by atoms with E-state index < -0.39 is 11.9 Å². The van der Waals surface area contributed by atoms with Crippen molar-refractivity contribution in [3.8, 4) is 0 Å². The predicted molar refractivity (Wildman–Crippen MR) is 106 cm³/mol. The number of amides is 1. The Morgan fingerprint density at radius 2 is 1.50 bits per heavy atom. The molecule has 0 aromatic heterocycles. The Balaban J connectivity index is 2.89. The van der Waals surface area contributed by atoms with E-state index >= 15 is 0 Å². The van der Waals surface area contributed by atoms with Gasteiger partial charge in [-0.25, -0.2) is 0 Å². The van der Waals surface area contributed by atoms with Gasteiger partial charge in [-0.3, -0.25) is 9.59 Å². The van der Waals surface area contributed by atoms with E-state index in [1.165, 1.54) is 0 Å². The third kappa shape index (κ3) is 8.03. The molecule has 1 rings (SSSR count). The van der Waals surface area contributed by atoms with Gasteiger partial charge in [0.2, 0.25) is 5.91 Å². The molecule has 0 N–H and O–H groups in total. The first-order valence-electron chi connectivity index (χ1n) is 10.1. The standard InChI is InChI=1S/C22H35NO3/c1-4-7-12-16-23(17-13-8-5-2)21(24)20(22(25)26-6-3)18-19-14-10-9-11-15-19/h9-11,14-15,20H,4-8,12-13,16-18H2,1-3H3. The monoisotopic (exact) mass is 361 g/mol. The van der Waals surface area contributed by atoms with Gasteiger partial charge in [0.1, 0.15) is 5.92 Å². The Bertz CT molecular complexity index is 505. The maximum atomic E-state index is 13.2. The summed E-state index contributed by atoms with van der Waals surface area (Å²) in [6, 6.07) is 9.72. The molecule has 1 atom stereocenters. The van der Waals surface area contributed by atoms with Crippen molar-refractivity contribution < 1.29 is 14.3 Å². The van der Waals surface area contributed by atoms with Crippen LogP contribution < -0.4 is 0 Å². The molecule has 0 saturated heterocycles. The number of carbonyl (C=O) groups is 2. The summed E-state index contributed by atoms with van der Waals surface area (Å²) in [6.07, 6.45) is 6.78. The van der Waals surface area contributed by atoms with E-state index in [-0.39, 0.29) is 5.91 Å². The normalized spacial score (nSPS) is 11.8. The van der Waals surface area contributed by atoms with Crippen LogP contribution in [-0.4, -0.2) is 36.5 Å². The second-order valence-corrected chi connectivity index (χ2v) is 6.73. The molecule has 0 heterocycles. The molecule has 1 amide bonds. The largest absolute Gasteiger partial charge is 0.465 e. The van der Waals surface area contributed by atoms with Crippen LogP contribution in [0.3, 0.4) is 0 Å². The maximum Gasteiger partial charge on any atom is 0.318 e. The highest BCUT2D eigenvalue weighted by molar-refractivity contribution is 5.98. The van der Waals surface area contributed by atoms with Crippen LogP contribution in [0.4, 0.5) is 0 Å². The average molecular weight is 362 g/mol. The number of hydrogen-bond acceptors (Lipinski definition) is 3. The minimum absolute atomic E-state index is 0.0838. The van der Waals surface area contributed by atoms with Crippen LogP contribution >= 0.6 is 0 Å². The number of benzene rings is 1. The first-order valence-corrected chi connectivity index (χ1v) is 10.1. The van der Waals surface area contributed by atoms with Gasteiger partial charge in [-0.1, -0.05) is 69.9 Å². The number of hydrogen-bond donors (Lipinski definition) is 0. The minimum atomic E-state index is -0.749. The van der Waals surface area contributed by atoms with Crippen molar-refractivity contribution >= 4 is 11.9 Å². The van der Waals surface area contributed by atoms with Gasteiger partial charge in [-0.15, -0.1) is 0 Å². The average Bonchev–Trinajstić information content (AvgIpc) is 2.65. The van der Waals surface area contributed by atoms with Crippen molar-refractivity contribution in [3.05, 3.63) is 35.9 Å². The SMILES string of the molecule is CCCCCN(CCCCC)C(=O)C(Cc1ccccc1)C(=O)OCC. The molecule has 0 aliphatic rings. The van der Waals surface area contributed by atoms with Crippen molar-refractivity contribution in [2.75, 3.05) is 19.7 Å². The maximum absolute atomic E-state index is 13.2. The van der Waals surface area contributed by atoms with E-state index in [2.05, 4.69) is 13.8 Å². The molecular weight excluding hydrogens is 326 g/mol. The fourth-order valence-corrected chi connectivity index (χ4v) is 3.02. The number of nitrogens with zero attached hydrogens (tertiary/aromatic N) is 1. The molecule has 0 fully saturated rings. The number of rotatable bonds is 13. The van der Waals surface area contributed by atoms with Gasteiger partial charge >= 0.3 is 5.97 Å². The fourth-order valence-electron chi connectivity index (χ4n) is 3.02. The summed E-state index contributed by atoms with van der Waals surface area (Å²) in [5.74, 6) is -1.24. The molecule has 1 unspecified atom stereocenters. The lowest BCUT2D eigenvalue weighted by molar-refractivity contribution is -0.155. The number of carbonyl (C=O) groups excluding carboxylic acids is 2. The van der Waals surface area contributed by atoms with Gasteiger partial charge in [0.05, 0.1) is 6.61 Å². The van der Waals surface area contributed by atoms with E-state index in [4.69, 9.17) is 4.74 Å². The van der Waals surface area contributed by atoms with E-state index in [1.54, 1.807) is 6.92 Å². The first-order chi connectivity index (χ1) is 12.6. The molecule has 1 aromatic rings. The number of ether oxygens (including phenoxy) is 1. The van der Waals surface area contributed by atoms with Crippen LogP contribution in [0.15, 0.2) is 30.3 Å². The topological polar surface area (TPSA) is 46.6 Å². The zero-order valence-electron chi connectivity index (χ0n) is 16.7. The highest BCUT2D eigenvalue weighted by Gasteiger charge is 2.31. The van der Waals surface area contributed by atoms with Crippen molar-refractivity contribution in [3.63, 3.8) is 0 Å². The molecule has 1 aromatic carbocycles. The molecule has 4 heteroatoms. The van der Waals surface area contributed by atoms with Gasteiger partial charge in [0, 0.05) is 13.1 Å². The molecule has 0 bridgehead atoms. The molecule has 146 valence electrons. The number of unbranched alkanes of at least 4 members (excludes halogenated alkanes) is 4. The smallest absolute Gasteiger partial charge is 0.318 e. The Morgan fingerprint density at radius 1 is 0.923 bits per heavy atom. The van der Waals surface area contributed by atoms with Crippen LogP contribution in [0.2, 0.25) is 0 Å². The second-order valence-electron chi connectivity index (χ2n) is 6.73. The van der Waals surface area contributed by atoms with E-state index in [0.29, 0.717) is 13.0 Å². The van der Waals surface area contributed by atoms with Gasteiger partial charge in [-0.2, -0.15) is 0 Å². The molecule has 0 saturated carbocycles. The van der Waals surface area contributed by atoms with Crippen molar-refractivity contribution in [1.29, 1.82) is 0 Å². The van der Waals surface area contributed by atoms with Crippen LogP contribution in [0.5, 0.6) is 0 Å². The minimum Gasteiger partial charge on any atom is -0.465 e. The third-order valence-electron chi connectivity index (χ3n) is 4.53. The van der Waals surface area contributed by atoms with E-state index in [0.717, 1.165) is 57.2 Å². The summed E-state index contributed by atoms with van der Waals surface area (Å²) < 4.78 is 5.21. The molecule has 26 heavy (non-hydrogen) atoms. The van der Waals surface area contributed by atoms with Gasteiger partial charge < -0.3 is 9.64 Å². The molecule has 0 radical (unpaired) electrons. The lowest BCUT2D eigenvalue weighted by Crippen LogP contribution is -2.42. The molecule has 4 nitrogen and oxygen atoms in total. The zero-order chi connectivity index (χ0) is 19.2. The van der Waals surface area contributed by atoms with Crippen molar-refractivity contribution in [1.82, 2.24) is 4.90 Å². The Hall–Kier alpha value is -1.84. The summed E-state index contributed by atoms with van der Waals surface area (Å²) in [4.78, 5) is 27.5. The molecule has 0 aliphatic carbocycles. The summed E-state index contributed by atoms with van der Waals surface area (Å²) in [6.45, 7) is 7.83. The van der Waals surface area contributed by atoms with Crippen LogP contribution in [0.1, 0.15) is 64.9 Å². The predicted octanol–water partition coefficient (Wildman–Crippen LogP) is 4.62. The quantitative estimate of drug-likeness (QED) is 0.293. The fraction of sp³-hybridized carbons (Fsp3) is 0.636. The lowest BCUT2D eigenvalue weighted by Gasteiger charge is -2.27. The van der Waals surface area contributed by atoms with Gasteiger partial charge in [-0.05, 0) is 31.7 Å². The Labute approximate surface area is 158 Å². The van der Waals surface area contributed by atoms with E-state index in [9.17, 15) is 9.59 Å². The van der Waals surface area contributed by atoms with Crippen LogP contribution in [0.25, 0.3) is 0 Å². The Morgan fingerprint density at radius 3 is 2.00 bits per heavy atom. The van der Waals surface area contributed by atoms with Crippen molar-refractivity contribution in [2.24, 2.45) is 5.92 Å². The summed E-state index contributed by atoms with van der Waals surface area (Å²) in [5.41, 5.74) is 0.987. The summed E-state index contributed by atoms with van der Waals surface area (Å²) in [7, 11) is 0.